The number of allylic oxidation sites excluding steroid dienone is 4. The number of para-hydroxylation sites is 1. The Kier molecular flexibility index (Phi) is 11.1. The average Bonchev–Trinajstić information content (AvgIpc) is 3.54. The van der Waals surface area contributed by atoms with Crippen LogP contribution in [-0.4, -0.2) is 0 Å². The third kappa shape index (κ3) is 7.75. The Morgan fingerprint density at radius 3 is 2.37 bits per heavy atom. The van der Waals surface area contributed by atoms with Crippen molar-refractivity contribution >= 4 is 27.5 Å². The molecule has 4 aromatic rings. The molecule has 1 aromatic heterocycles. The predicted octanol–water partition coefficient (Wildman–Crippen LogP) is 12.8. The van der Waals surface area contributed by atoms with Crippen LogP contribution in [0.15, 0.2) is 76.4 Å². The first-order chi connectivity index (χ1) is 21.7. The molecule has 0 spiro atoms. The summed E-state index contributed by atoms with van der Waals surface area (Å²) in [6, 6.07) is 21.3. The van der Waals surface area contributed by atoms with Crippen molar-refractivity contribution in [3.05, 3.63) is 125 Å². The molecule has 2 aliphatic carbocycles. The molecule has 7 rings (SSSR count). The third-order valence-electron chi connectivity index (χ3n) is 9.44. The van der Waals surface area contributed by atoms with Crippen molar-refractivity contribution in [3.8, 4) is 0 Å². The fourth-order valence-electron chi connectivity index (χ4n) is 7.33. The van der Waals surface area contributed by atoms with E-state index in [1.165, 1.54) is 71.6 Å². The minimum atomic E-state index is -0.0620. The van der Waals surface area contributed by atoms with Crippen LogP contribution in [0.2, 0.25) is 0 Å². The molecule has 1 radical (unpaired) electrons. The summed E-state index contributed by atoms with van der Waals surface area (Å²) >= 11 is 0. The molecular weight excluding hydrogens is 739 g/mol. The first-order valence-electron chi connectivity index (χ1n) is 17.2. The molecule has 245 valence electrons. The summed E-state index contributed by atoms with van der Waals surface area (Å²) in [7, 11) is 0. The van der Waals surface area contributed by atoms with Gasteiger partial charge in [-0.3, -0.25) is 6.58 Å². The second-order valence-corrected chi connectivity index (χ2v) is 14.5. The minimum Gasteiger partial charge on any atom is -0.682 e. The Labute approximate surface area is 291 Å². The van der Waals surface area contributed by atoms with Crippen LogP contribution in [-0.2, 0) is 20.1 Å². The van der Waals surface area contributed by atoms with Crippen molar-refractivity contribution in [3.63, 3.8) is 0 Å². The van der Waals surface area contributed by atoms with E-state index in [2.05, 4.69) is 96.3 Å². The second-order valence-electron chi connectivity index (χ2n) is 14.5. The zero-order valence-corrected chi connectivity index (χ0v) is 30.7. The van der Waals surface area contributed by atoms with Gasteiger partial charge in [-0.05, 0) is 66.5 Å². The number of nitrogens with zero attached hydrogens (tertiary/aromatic N) is 1. The van der Waals surface area contributed by atoms with Crippen LogP contribution < -0.4 is 0 Å². The van der Waals surface area contributed by atoms with Crippen molar-refractivity contribution in [2.45, 2.75) is 97.9 Å². The maximum absolute atomic E-state index is 6.39. The fraction of sp³-hybridized carbons (Fsp3) is 0.419. The molecule has 2 heterocycles. The van der Waals surface area contributed by atoms with Crippen LogP contribution in [0.4, 0.5) is 0 Å². The van der Waals surface area contributed by atoms with Crippen LogP contribution in [0, 0.1) is 44.2 Å². The van der Waals surface area contributed by atoms with E-state index in [0.29, 0.717) is 17.8 Å². The number of rotatable bonds is 8. The van der Waals surface area contributed by atoms with E-state index in [1.54, 1.807) is 0 Å². The standard InChI is InChI=1S/C30H27NO.C13H22.Ir/c1-18-14-25-22-8-4-5-9-28(22)32-30(25)26(15-18)29-23-13-12-21(19-6-2-3-7-19)16-24(23)27(17-31-29)20-10-11-20;1-10(2)7-12(5)9-13(6)8-11(3)4;/h4-5,8-9,12-14,16-17,19-20,29H,2-3,6-7,10-11H2,1H3;5,9-11H,6-8H2,1-4H3;/q2*-2;/b;13-9+;. The summed E-state index contributed by atoms with van der Waals surface area (Å²) in [5.41, 5.74) is 11.9. The SMILES string of the molecule is Cc1[c-]c(C2[N-]C=C(C3CC3)c3cc(C4CCCC4)ccc32)c2oc3ccccc3c2c1.[CH-]=C(/C=C(\[CH2-])CC(C)C)CC(C)C.[Ir]. The van der Waals surface area contributed by atoms with Crippen molar-refractivity contribution < 1.29 is 24.5 Å². The summed E-state index contributed by atoms with van der Waals surface area (Å²) in [6.45, 7) is 20.7. The van der Waals surface area contributed by atoms with Crippen molar-refractivity contribution in [2.24, 2.45) is 17.8 Å². The van der Waals surface area contributed by atoms with Crippen molar-refractivity contribution in [1.82, 2.24) is 0 Å². The molecule has 1 atom stereocenters. The minimum absolute atomic E-state index is 0. The maximum atomic E-state index is 6.39. The summed E-state index contributed by atoms with van der Waals surface area (Å²) in [5.74, 6) is 2.70. The van der Waals surface area contributed by atoms with Gasteiger partial charge in [-0.2, -0.15) is 23.9 Å². The third-order valence-corrected chi connectivity index (χ3v) is 9.44. The van der Waals surface area contributed by atoms with Crippen LogP contribution in [0.3, 0.4) is 0 Å². The molecule has 2 saturated carbocycles. The molecule has 0 saturated heterocycles. The van der Waals surface area contributed by atoms with E-state index in [1.807, 2.05) is 12.1 Å². The van der Waals surface area contributed by atoms with Crippen LogP contribution >= 0.6 is 0 Å². The van der Waals surface area contributed by atoms with Gasteiger partial charge in [0.15, 0.2) is 0 Å². The quantitative estimate of drug-likeness (QED) is 0.129. The smallest absolute Gasteiger partial charge is 0.116 e. The van der Waals surface area contributed by atoms with Crippen LogP contribution in [0.1, 0.15) is 119 Å². The van der Waals surface area contributed by atoms with Gasteiger partial charge in [0.2, 0.25) is 0 Å². The number of benzene rings is 3. The Hall–Kier alpha value is -3.00. The molecule has 3 aliphatic rings. The van der Waals surface area contributed by atoms with E-state index in [4.69, 9.17) is 16.3 Å². The number of fused-ring (bicyclic) bond motifs is 4. The van der Waals surface area contributed by atoms with Gasteiger partial charge >= 0.3 is 0 Å². The predicted molar refractivity (Wildman–Crippen MR) is 191 cm³/mol. The number of furan rings is 1. The van der Waals surface area contributed by atoms with Gasteiger partial charge in [-0.15, -0.1) is 5.56 Å². The second kappa shape index (κ2) is 14.8. The molecule has 3 aromatic carbocycles. The number of aryl methyl sites for hydroxylation is 1. The topological polar surface area (TPSA) is 27.2 Å². The van der Waals surface area contributed by atoms with Gasteiger partial charge in [-0.1, -0.05) is 119 Å². The molecular formula is C43H49IrNO-4. The molecule has 0 N–H and O–H groups in total. The Morgan fingerprint density at radius 1 is 0.957 bits per heavy atom. The van der Waals surface area contributed by atoms with Gasteiger partial charge in [0, 0.05) is 31.1 Å². The molecule has 2 nitrogen and oxygen atoms in total. The van der Waals surface area contributed by atoms with Gasteiger partial charge in [0.1, 0.15) is 5.58 Å². The Morgan fingerprint density at radius 2 is 1.67 bits per heavy atom. The molecule has 1 unspecified atom stereocenters. The molecule has 46 heavy (non-hydrogen) atoms. The monoisotopic (exact) mass is 788 g/mol. The van der Waals surface area contributed by atoms with E-state index < -0.39 is 0 Å². The van der Waals surface area contributed by atoms with Crippen LogP contribution in [0.25, 0.3) is 32.8 Å². The molecule has 2 fully saturated rings. The molecule has 3 heteroatoms. The molecule has 1 aliphatic heterocycles. The number of hydrogen-bond donors (Lipinski definition) is 0. The van der Waals surface area contributed by atoms with Crippen LogP contribution in [0.5, 0.6) is 0 Å². The first-order valence-corrected chi connectivity index (χ1v) is 17.2. The molecule has 0 bridgehead atoms. The maximum Gasteiger partial charge on any atom is 0.116 e. The van der Waals surface area contributed by atoms with Gasteiger partial charge in [0.25, 0.3) is 0 Å². The first kappa shape index (κ1) is 34.3. The van der Waals surface area contributed by atoms with Gasteiger partial charge < -0.3 is 9.73 Å². The van der Waals surface area contributed by atoms with E-state index in [9.17, 15) is 0 Å². The average molecular weight is 788 g/mol. The molecule has 0 amide bonds. The van der Waals surface area contributed by atoms with E-state index in [0.717, 1.165) is 52.2 Å². The van der Waals surface area contributed by atoms with Crippen molar-refractivity contribution in [2.75, 3.05) is 0 Å². The summed E-state index contributed by atoms with van der Waals surface area (Å²) in [6.07, 6.45) is 14.2. The normalized spacial score (nSPS) is 18.2. The summed E-state index contributed by atoms with van der Waals surface area (Å²) in [4.78, 5) is 0. The Balaban J connectivity index is 0.000000256. The Bertz CT molecular complexity index is 1740. The van der Waals surface area contributed by atoms with Crippen molar-refractivity contribution in [1.29, 1.82) is 0 Å². The summed E-state index contributed by atoms with van der Waals surface area (Å²) < 4.78 is 6.39. The number of hydrogen-bond acceptors (Lipinski definition) is 1. The fourth-order valence-corrected chi connectivity index (χ4v) is 7.33. The van der Waals surface area contributed by atoms with Gasteiger partial charge in [0.05, 0.1) is 0 Å². The van der Waals surface area contributed by atoms with E-state index >= 15 is 0 Å². The van der Waals surface area contributed by atoms with Gasteiger partial charge in [-0.25, -0.2) is 24.1 Å². The summed E-state index contributed by atoms with van der Waals surface area (Å²) in [5, 5.41) is 7.46. The zero-order chi connectivity index (χ0) is 31.7. The zero-order valence-electron chi connectivity index (χ0n) is 28.3. The largest absolute Gasteiger partial charge is 0.682 e. The van der Waals surface area contributed by atoms with E-state index in [-0.39, 0.29) is 26.1 Å².